The van der Waals surface area contributed by atoms with E-state index in [0.29, 0.717) is 11.6 Å². The highest BCUT2D eigenvalue weighted by Crippen LogP contribution is 2.30. The van der Waals surface area contributed by atoms with Crippen molar-refractivity contribution in [2.45, 2.75) is 11.8 Å². The Morgan fingerprint density at radius 1 is 1.47 bits per heavy atom. The molecule has 1 aromatic carbocycles. The standard InChI is InChI=1S/C10H10ClF2NO2S/c1-6(4-11)5-17-10-8(12)2-7(14(15)16)3-9(10)13/h2-3,6H,4-5H2,1H3. The first-order chi connectivity index (χ1) is 7.95. The molecule has 1 unspecified atom stereocenters. The zero-order valence-electron chi connectivity index (χ0n) is 8.95. The van der Waals surface area contributed by atoms with Crippen molar-refractivity contribution in [3.63, 3.8) is 0 Å². The Hall–Kier alpha value is -0.880. The molecule has 0 N–H and O–H groups in total. The van der Waals surface area contributed by atoms with Gasteiger partial charge in [-0.3, -0.25) is 10.1 Å². The van der Waals surface area contributed by atoms with Gasteiger partial charge in [-0.05, 0) is 5.92 Å². The van der Waals surface area contributed by atoms with Gasteiger partial charge in [-0.15, -0.1) is 23.4 Å². The van der Waals surface area contributed by atoms with E-state index in [4.69, 9.17) is 11.6 Å². The lowest BCUT2D eigenvalue weighted by atomic mass is 10.3. The predicted molar refractivity (Wildman–Crippen MR) is 63.6 cm³/mol. The van der Waals surface area contributed by atoms with Crippen LogP contribution in [0.4, 0.5) is 14.5 Å². The summed E-state index contributed by atoms with van der Waals surface area (Å²) in [7, 11) is 0. The molecule has 0 aliphatic carbocycles. The molecule has 0 aliphatic heterocycles. The third-order valence-electron chi connectivity index (χ3n) is 1.97. The summed E-state index contributed by atoms with van der Waals surface area (Å²) in [5.41, 5.74) is -0.588. The van der Waals surface area contributed by atoms with E-state index in [1.54, 1.807) is 0 Å². The molecule has 0 aromatic heterocycles. The molecule has 0 heterocycles. The molecule has 0 spiro atoms. The van der Waals surface area contributed by atoms with Crippen LogP contribution in [0.1, 0.15) is 6.92 Å². The topological polar surface area (TPSA) is 43.1 Å². The molecule has 1 rings (SSSR count). The van der Waals surface area contributed by atoms with E-state index in [2.05, 4.69) is 0 Å². The minimum absolute atomic E-state index is 0.107. The first-order valence-electron chi connectivity index (χ1n) is 4.78. The maximum absolute atomic E-state index is 13.4. The van der Waals surface area contributed by atoms with Crippen LogP contribution in [0.3, 0.4) is 0 Å². The summed E-state index contributed by atoms with van der Waals surface area (Å²) in [5, 5.41) is 10.4. The van der Waals surface area contributed by atoms with Gasteiger partial charge in [0.2, 0.25) is 0 Å². The summed E-state index contributed by atoms with van der Waals surface area (Å²) in [6, 6.07) is 1.44. The van der Waals surface area contributed by atoms with Crippen molar-refractivity contribution >= 4 is 29.1 Å². The molecule has 0 bridgehead atoms. The van der Waals surface area contributed by atoms with E-state index in [-0.39, 0.29) is 10.8 Å². The van der Waals surface area contributed by atoms with Crippen LogP contribution in [0.15, 0.2) is 17.0 Å². The highest BCUT2D eigenvalue weighted by molar-refractivity contribution is 7.99. The number of hydrogen-bond acceptors (Lipinski definition) is 3. The molecule has 0 radical (unpaired) electrons. The van der Waals surface area contributed by atoms with Crippen LogP contribution >= 0.6 is 23.4 Å². The van der Waals surface area contributed by atoms with Crippen LogP contribution in [0.2, 0.25) is 0 Å². The minimum atomic E-state index is -0.913. The van der Waals surface area contributed by atoms with Crippen LogP contribution < -0.4 is 0 Å². The Labute approximate surface area is 106 Å². The number of hydrogen-bond donors (Lipinski definition) is 0. The first kappa shape index (κ1) is 14.2. The molecule has 0 saturated carbocycles. The van der Waals surface area contributed by atoms with Gasteiger partial charge in [0.25, 0.3) is 5.69 Å². The second-order valence-electron chi connectivity index (χ2n) is 3.57. The van der Waals surface area contributed by atoms with Crippen molar-refractivity contribution in [3.8, 4) is 0 Å². The summed E-state index contributed by atoms with van der Waals surface area (Å²) >= 11 is 6.54. The number of nitro groups is 1. The molecule has 0 saturated heterocycles. The van der Waals surface area contributed by atoms with E-state index in [1.165, 1.54) is 0 Å². The van der Waals surface area contributed by atoms with Gasteiger partial charge in [-0.2, -0.15) is 0 Å². The van der Waals surface area contributed by atoms with Crippen LogP contribution in [-0.2, 0) is 0 Å². The van der Waals surface area contributed by atoms with E-state index < -0.39 is 22.2 Å². The molecule has 0 amide bonds. The Balaban J connectivity index is 2.90. The van der Waals surface area contributed by atoms with Crippen molar-refractivity contribution in [2.24, 2.45) is 5.92 Å². The summed E-state index contributed by atoms with van der Waals surface area (Å²) in [5.74, 6) is -0.874. The molecule has 17 heavy (non-hydrogen) atoms. The Kier molecular flexibility index (Phi) is 5.14. The van der Waals surface area contributed by atoms with Crippen molar-refractivity contribution < 1.29 is 13.7 Å². The van der Waals surface area contributed by atoms with Crippen LogP contribution in [0, 0.1) is 27.7 Å². The monoisotopic (exact) mass is 281 g/mol. The molecule has 1 atom stereocenters. The summed E-state index contributed by atoms with van der Waals surface area (Å²) in [6.45, 7) is 1.85. The second kappa shape index (κ2) is 6.16. The van der Waals surface area contributed by atoms with Gasteiger partial charge in [0.15, 0.2) is 0 Å². The number of non-ortho nitro benzene ring substituents is 1. The number of nitrogens with zero attached hydrogens (tertiary/aromatic N) is 1. The maximum atomic E-state index is 13.4. The number of thioether (sulfide) groups is 1. The summed E-state index contributed by atoms with van der Waals surface area (Å²) in [4.78, 5) is 9.34. The molecule has 94 valence electrons. The smallest absolute Gasteiger partial charge is 0.258 e. The fraction of sp³-hybridized carbons (Fsp3) is 0.400. The van der Waals surface area contributed by atoms with Gasteiger partial charge in [0, 0.05) is 11.6 Å². The summed E-state index contributed by atoms with van der Waals surface area (Å²) < 4.78 is 26.9. The lowest BCUT2D eigenvalue weighted by Crippen LogP contribution is -2.01. The highest BCUT2D eigenvalue weighted by atomic mass is 35.5. The first-order valence-corrected chi connectivity index (χ1v) is 6.30. The van der Waals surface area contributed by atoms with Crippen LogP contribution in [-0.4, -0.2) is 16.6 Å². The van der Waals surface area contributed by atoms with Gasteiger partial charge >= 0.3 is 0 Å². The molecule has 0 aliphatic rings. The lowest BCUT2D eigenvalue weighted by Gasteiger charge is -2.08. The lowest BCUT2D eigenvalue weighted by molar-refractivity contribution is -0.385. The predicted octanol–water partition coefficient (Wildman–Crippen LogP) is 3.84. The van der Waals surface area contributed by atoms with Gasteiger partial charge in [0.1, 0.15) is 11.6 Å². The highest BCUT2D eigenvalue weighted by Gasteiger charge is 2.17. The van der Waals surface area contributed by atoms with E-state index >= 15 is 0 Å². The maximum Gasteiger partial charge on any atom is 0.275 e. The third-order valence-corrected chi connectivity index (χ3v) is 3.91. The Morgan fingerprint density at radius 3 is 2.41 bits per heavy atom. The number of rotatable bonds is 5. The largest absolute Gasteiger partial charge is 0.275 e. The van der Waals surface area contributed by atoms with Gasteiger partial charge in [0.05, 0.1) is 22.0 Å². The number of alkyl halides is 1. The van der Waals surface area contributed by atoms with E-state index in [9.17, 15) is 18.9 Å². The quantitative estimate of drug-likeness (QED) is 0.356. The van der Waals surface area contributed by atoms with Crippen molar-refractivity contribution in [3.05, 3.63) is 33.9 Å². The number of benzene rings is 1. The molecule has 3 nitrogen and oxygen atoms in total. The van der Waals surface area contributed by atoms with Crippen LogP contribution in [0.5, 0.6) is 0 Å². The number of halogens is 3. The summed E-state index contributed by atoms with van der Waals surface area (Å²) in [6.07, 6.45) is 0. The average Bonchev–Trinajstić information content (AvgIpc) is 2.27. The molecular formula is C10H10ClF2NO2S. The van der Waals surface area contributed by atoms with Gasteiger partial charge in [-0.1, -0.05) is 6.92 Å². The molecule has 0 fully saturated rings. The average molecular weight is 282 g/mol. The zero-order chi connectivity index (χ0) is 13.0. The Bertz CT molecular complexity index is 408. The van der Waals surface area contributed by atoms with Crippen molar-refractivity contribution in [2.75, 3.05) is 11.6 Å². The second-order valence-corrected chi connectivity index (χ2v) is 4.90. The molecule has 7 heteroatoms. The zero-order valence-corrected chi connectivity index (χ0v) is 10.5. The SMILES string of the molecule is CC(CCl)CSc1c(F)cc([N+](=O)[O-])cc1F. The van der Waals surface area contributed by atoms with Crippen molar-refractivity contribution in [1.29, 1.82) is 0 Å². The van der Waals surface area contributed by atoms with Gasteiger partial charge in [-0.25, -0.2) is 8.78 Å². The fourth-order valence-corrected chi connectivity index (χ4v) is 2.26. The molecular weight excluding hydrogens is 272 g/mol. The van der Waals surface area contributed by atoms with E-state index in [0.717, 1.165) is 23.9 Å². The van der Waals surface area contributed by atoms with E-state index in [1.807, 2.05) is 6.92 Å². The Morgan fingerprint density at radius 2 is 2.00 bits per heavy atom. The minimum Gasteiger partial charge on any atom is -0.258 e. The normalized spacial score (nSPS) is 12.5. The number of nitro benzene ring substituents is 1. The molecule has 1 aromatic rings. The van der Waals surface area contributed by atoms with Crippen LogP contribution in [0.25, 0.3) is 0 Å². The third kappa shape index (κ3) is 3.81. The van der Waals surface area contributed by atoms with Gasteiger partial charge < -0.3 is 0 Å². The van der Waals surface area contributed by atoms with Crippen molar-refractivity contribution in [1.82, 2.24) is 0 Å². The fourth-order valence-electron chi connectivity index (χ4n) is 1.06.